The van der Waals surface area contributed by atoms with Crippen molar-refractivity contribution in [3.05, 3.63) is 39.9 Å². The molecule has 1 atom stereocenters. The second-order valence-corrected chi connectivity index (χ2v) is 7.20. The summed E-state index contributed by atoms with van der Waals surface area (Å²) in [7, 11) is 0. The predicted octanol–water partition coefficient (Wildman–Crippen LogP) is 3.38. The van der Waals surface area contributed by atoms with Crippen LogP contribution in [0, 0.1) is 3.70 Å². The molecule has 0 aliphatic rings. The monoisotopic (exact) mass is 510 g/mol. The Morgan fingerprint density at radius 3 is 2.85 bits per heavy atom. The third-order valence-electron chi connectivity index (χ3n) is 2.81. The lowest BCUT2D eigenvalue weighted by Crippen LogP contribution is -1.91. The van der Waals surface area contributed by atoms with Crippen LogP contribution in [-0.2, 0) is 6.61 Å². The quantitative estimate of drug-likeness (QED) is 0.434. The van der Waals surface area contributed by atoms with Gasteiger partial charge in [-0.25, -0.2) is 9.44 Å². The first kappa shape index (κ1) is 14.6. The number of fused-ring (bicyclic) bond motifs is 1. The average molecular weight is 510 g/mol. The van der Waals surface area contributed by atoms with Gasteiger partial charge < -0.3 is 5.11 Å². The molecule has 0 bridgehead atoms. The van der Waals surface area contributed by atoms with E-state index in [1.54, 1.807) is 6.20 Å². The van der Waals surface area contributed by atoms with Crippen LogP contribution < -0.4 is 0 Å². The Bertz CT molecular complexity index is 777. The van der Waals surface area contributed by atoms with Gasteiger partial charge in [-0.2, -0.15) is 5.10 Å². The predicted molar refractivity (Wildman–Crippen MR) is 97.1 cm³/mol. The molecule has 3 aromatic rings. The summed E-state index contributed by atoms with van der Waals surface area (Å²) in [5, 5.41) is 13.6. The molecule has 0 saturated heterocycles. The zero-order valence-corrected chi connectivity index (χ0v) is 15.4. The van der Waals surface area contributed by atoms with E-state index >= 15 is 0 Å². The van der Waals surface area contributed by atoms with Crippen molar-refractivity contribution in [2.24, 2.45) is 0 Å². The largest absolute Gasteiger partial charge is 0.392 e. The van der Waals surface area contributed by atoms with Gasteiger partial charge in [-0.1, -0.05) is 0 Å². The molecule has 1 N–H and O–H groups in total. The molecule has 1 unspecified atom stereocenters. The standard InChI is InChI=1S/C12H9I2N4OP/c13-12-8(5-18(17-12)20-14)9-1-2-10-11(16-9)3-7(6-19)4-15-10/h1-5,19-20H,6H2. The lowest BCUT2D eigenvalue weighted by atomic mass is 10.2. The number of nitrogens with zero attached hydrogens (tertiary/aromatic N) is 4. The molecule has 0 fully saturated rings. The molecule has 0 aliphatic heterocycles. The van der Waals surface area contributed by atoms with Gasteiger partial charge in [0, 0.05) is 12.4 Å². The van der Waals surface area contributed by atoms with Crippen molar-refractivity contribution in [3.8, 4) is 11.3 Å². The lowest BCUT2D eigenvalue weighted by molar-refractivity contribution is 0.281. The molecule has 0 saturated carbocycles. The number of rotatable bonds is 3. The van der Waals surface area contributed by atoms with Gasteiger partial charge in [-0.15, -0.1) is 0 Å². The second kappa shape index (κ2) is 6.17. The average Bonchev–Trinajstić information content (AvgIpc) is 2.87. The van der Waals surface area contributed by atoms with E-state index in [4.69, 9.17) is 0 Å². The first-order valence-corrected chi connectivity index (χ1v) is 10.8. The number of hydrogen-bond acceptors (Lipinski definition) is 4. The summed E-state index contributed by atoms with van der Waals surface area (Å²) >= 11 is 4.51. The first-order chi connectivity index (χ1) is 9.71. The Morgan fingerprint density at radius 2 is 2.15 bits per heavy atom. The van der Waals surface area contributed by atoms with Gasteiger partial charge in [0.05, 0.1) is 35.3 Å². The summed E-state index contributed by atoms with van der Waals surface area (Å²) in [6, 6.07) is 5.76. The summed E-state index contributed by atoms with van der Waals surface area (Å²) in [6.07, 6.45) is 4.24. The van der Waals surface area contributed by atoms with Crippen LogP contribution in [0.5, 0.6) is 0 Å². The molecule has 102 valence electrons. The van der Waals surface area contributed by atoms with Gasteiger partial charge in [0.2, 0.25) is 0 Å². The zero-order chi connectivity index (χ0) is 14.1. The Labute approximate surface area is 143 Å². The van der Waals surface area contributed by atoms with Crippen LogP contribution in [0.4, 0.5) is 0 Å². The number of aliphatic hydroxyl groups excluding tert-OH is 1. The number of aromatic nitrogens is 4. The van der Waals surface area contributed by atoms with E-state index in [1.165, 1.54) is 0 Å². The van der Waals surface area contributed by atoms with Crippen molar-refractivity contribution in [2.45, 2.75) is 6.61 Å². The molecular formula is C12H9I2N4OP. The molecule has 0 aromatic carbocycles. The maximum absolute atomic E-state index is 9.18. The summed E-state index contributed by atoms with van der Waals surface area (Å²) in [6.45, 7) is -0.0275. The molecule has 0 radical (unpaired) electrons. The Hall–Kier alpha value is -0.380. The molecule has 5 nitrogen and oxygen atoms in total. The minimum absolute atomic E-state index is 0.0275. The van der Waals surface area contributed by atoms with Gasteiger partial charge in [0.1, 0.15) is 3.70 Å². The van der Waals surface area contributed by atoms with Gasteiger partial charge in [0.15, 0.2) is 0 Å². The molecule has 20 heavy (non-hydrogen) atoms. The van der Waals surface area contributed by atoms with Crippen molar-refractivity contribution in [2.75, 3.05) is 0 Å². The number of pyridine rings is 2. The molecule has 8 heteroatoms. The maximum atomic E-state index is 9.18. The second-order valence-electron chi connectivity index (χ2n) is 4.10. The fourth-order valence-electron chi connectivity index (χ4n) is 1.85. The van der Waals surface area contributed by atoms with Crippen LogP contribution in [0.1, 0.15) is 5.56 Å². The van der Waals surface area contributed by atoms with Crippen molar-refractivity contribution in [1.82, 2.24) is 19.5 Å². The fraction of sp³-hybridized carbons (Fsp3) is 0.0833. The number of hydrogen-bond donors (Lipinski definition) is 1. The summed E-state index contributed by atoms with van der Waals surface area (Å²) in [5.74, 6) is 0. The highest BCUT2D eigenvalue weighted by Gasteiger charge is 2.10. The van der Waals surface area contributed by atoms with Gasteiger partial charge in [0.25, 0.3) is 0 Å². The maximum Gasteiger partial charge on any atom is 0.133 e. The fourth-order valence-corrected chi connectivity index (χ4v) is 3.76. The van der Waals surface area contributed by atoms with Crippen LogP contribution >= 0.6 is 51.0 Å². The van der Waals surface area contributed by atoms with Crippen molar-refractivity contribution >= 4 is 62.0 Å². The molecule has 3 aromatic heterocycles. The van der Waals surface area contributed by atoms with Crippen molar-refractivity contribution < 1.29 is 5.11 Å². The minimum atomic E-state index is -0.0275. The van der Waals surface area contributed by atoms with E-state index < -0.39 is 0 Å². The topological polar surface area (TPSA) is 63.8 Å². The van der Waals surface area contributed by atoms with Crippen LogP contribution in [0.3, 0.4) is 0 Å². The molecule has 0 spiro atoms. The smallest absolute Gasteiger partial charge is 0.133 e. The SMILES string of the molecule is OCc1cnc2ccc(-c3cn(PI)nc3I)nc2c1. The van der Waals surface area contributed by atoms with Crippen LogP contribution in [0.15, 0.2) is 30.6 Å². The normalized spacial score (nSPS) is 11.8. The van der Waals surface area contributed by atoms with Crippen molar-refractivity contribution in [1.29, 1.82) is 0 Å². The highest BCUT2D eigenvalue weighted by Crippen LogP contribution is 2.30. The van der Waals surface area contributed by atoms with Crippen LogP contribution in [-0.4, -0.2) is 24.6 Å². The Morgan fingerprint density at radius 1 is 1.30 bits per heavy atom. The van der Waals surface area contributed by atoms with Gasteiger partial charge in [-0.05, 0) is 68.4 Å². The lowest BCUT2D eigenvalue weighted by Gasteiger charge is -2.02. The summed E-state index contributed by atoms with van der Waals surface area (Å²) < 4.78 is 2.84. The highest BCUT2D eigenvalue weighted by molar-refractivity contribution is 14.2. The molecule has 0 aliphatic carbocycles. The summed E-state index contributed by atoms with van der Waals surface area (Å²) in [5.41, 5.74) is 4.27. The third-order valence-corrected chi connectivity index (χ3v) is 5.49. The van der Waals surface area contributed by atoms with Crippen LogP contribution in [0.25, 0.3) is 22.3 Å². The molecular weight excluding hydrogens is 501 g/mol. The van der Waals surface area contributed by atoms with E-state index in [2.05, 4.69) is 59.7 Å². The zero-order valence-electron chi connectivity index (χ0n) is 10.1. The minimum Gasteiger partial charge on any atom is -0.392 e. The van der Waals surface area contributed by atoms with Crippen molar-refractivity contribution in [3.63, 3.8) is 0 Å². The first-order valence-electron chi connectivity index (χ1n) is 5.70. The van der Waals surface area contributed by atoms with E-state index in [0.717, 1.165) is 31.6 Å². The highest BCUT2D eigenvalue weighted by atomic mass is 127. The molecule has 3 rings (SSSR count). The van der Waals surface area contributed by atoms with Gasteiger partial charge >= 0.3 is 0 Å². The van der Waals surface area contributed by atoms with E-state index in [-0.39, 0.29) is 6.61 Å². The van der Waals surface area contributed by atoms with E-state index in [1.807, 2.05) is 28.8 Å². The van der Waals surface area contributed by atoms with Gasteiger partial charge in [-0.3, -0.25) is 4.98 Å². The molecule has 0 amide bonds. The molecule has 3 heterocycles. The van der Waals surface area contributed by atoms with E-state index in [9.17, 15) is 5.11 Å². The van der Waals surface area contributed by atoms with Crippen LogP contribution in [0.2, 0.25) is 0 Å². The number of halogens is 2. The number of aliphatic hydroxyl groups is 1. The third kappa shape index (κ3) is 2.81. The Kier molecular flexibility index (Phi) is 4.49. The van der Waals surface area contributed by atoms with E-state index in [0.29, 0.717) is 6.37 Å². The Balaban J connectivity index is 2.13. The summed E-state index contributed by atoms with van der Waals surface area (Å²) in [4.78, 5) is 8.92.